The molecule has 2 amide bonds. The van der Waals surface area contributed by atoms with Crippen molar-refractivity contribution in [2.24, 2.45) is 0 Å². The van der Waals surface area contributed by atoms with Crippen molar-refractivity contribution < 1.29 is 23.8 Å². The molecule has 0 spiro atoms. The number of ether oxygens (including phenoxy) is 1. The minimum atomic E-state index is -0.951. The van der Waals surface area contributed by atoms with Crippen molar-refractivity contribution >= 4 is 17.7 Å². The van der Waals surface area contributed by atoms with Gasteiger partial charge < -0.3 is 20.1 Å². The molecule has 0 aromatic heterocycles. The van der Waals surface area contributed by atoms with Gasteiger partial charge in [-0.15, -0.1) is 0 Å². The SMILES string of the molecule is COc1cc(F)ccc1NC(=O)N(CCC(=O)O)C1CC1. The van der Waals surface area contributed by atoms with Crippen LogP contribution >= 0.6 is 0 Å². The molecule has 2 rings (SSSR count). The van der Waals surface area contributed by atoms with Crippen LogP contribution in [0.15, 0.2) is 18.2 Å². The van der Waals surface area contributed by atoms with Crippen LogP contribution in [0, 0.1) is 5.82 Å². The van der Waals surface area contributed by atoms with Crippen molar-refractivity contribution in [3.8, 4) is 5.75 Å². The Hall–Kier alpha value is -2.31. The summed E-state index contributed by atoms with van der Waals surface area (Å²) in [5.41, 5.74) is 0.352. The van der Waals surface area contributed by atoms with Gasteiger partial charge >= 0.3 is 12.0 Å². The lowest BCUT2D eigenvalue weighted by atomic mass is 10.3. The number of carboxylic acid groups (broad SMARTS) is 1. The van der Waals surface area contributed by atoms with E-state index in [1.54, 1.807) is 0 Å². The highest BCUT2D eigenvalue weighted by Crippen LogP contribution is 2.29. The fourth-order valence-corrected chi connectivity index (χ4v) is 2.01. The van der Waals surface area contributed by atoms with Gasteiger partial charge in [0.2, 0.25) is 0 Å². The first-order chi connectivity index (χ1) is 10.0. The zero-order valence-electron chi connectivity index (χ0n) is 11.6. The van der Waals surface area contributed by atoms with Gasteiger partial charge in [0, 0.05) is 18.7 Å². The van der Waals surface area contributed by atoms with E-state index in [0.29, 0.717) is 5.69 Å². The highest BCUT2D eigenvalue weighted by molar-refractivity contribution is 5.91. The summed E-state index contributed by atoms with van der Waals surface area (Å²) in [4.78, 5) is 24.4. The Morgan fingerprint density at radius 2 is 2.19 bits per heavy atom. The number of anilines is 1. The molecule has 0 radical (unpaired) electrons. The quantitative estimate of drug-likeness (QED) is 0.844. The van der Waals surface area contributed by atoms with Crippen LogP contribution in [0.4, 0.5) is 14.9 Å². The van der Waals surface area contributed by atoms with Gasteiger partial charge in [0.25, 0.3) is 0 Å². The smallest absolute Gasteiger partial charge is 0.322 e. The first-order valence-electron chi connectivity index (χ1n) is 6.64. The van der Waals surface area contributed by atoms with Crippen LogP contribution in [-0.2, 0) is 4.79 Å². The number of nitrogens with one attached hydrogen (secondary N) is 1. The van der Waals surface area contributed by atoms with E-state index in [-0.39, 0.29) is 24.8 Å². The molecule has 1 fully saturated rings. The molecule has 1 saturated carbocycles. The fraction of sp³-hybridized carbons (Fsp3) is 0.429. The van der Waals surface area contributed by atoms with Crippen LogP contribution in [-0.4, -0.2) is 41.7 Å². The van der Waals surface area contributed by atoms with Crippen LogP contribution in [0.2, 0.25) is 0 Å². The molecule has 7 heteroatoms. The van der Waals surface area contributed by atoms with Crippen molar-refractivity contribution in [1.82, 2.24) is 4.90 Å². The molecule has 1 aromatic carbocycles. The lowest BCUT2D eigenvalue weighted by Crippen LogP contribution is -2.38. The Balaban J connectivity index is 2.06. The summed E-state index contributed by atoms with van der Waals surface area (Å²) >= 11 is 0. The van der Waals surface area contributed by atoms with Crippen molar-refractivity contribution in [1.29, 1.82) is 0 Å². The molecule has 0 unspecified atom stereocenters. The molecule has 1 aliphatic carbocycles. The van der Waals surface area contributed by atoms with E-state index >= 15 is 0 Å². The van der Waals surface area contributed by atoms with Crippen LogP contribution < -0.4 is 10.1 Å². The van der Waals surface area contributed by atoms with Gasteiger partial charge in [-0.1, -0.05) is 0 Å². The number of aliphatic carboxylic acids is 1. The molecule has 0 bridgehead atoms. The van der Waals surface area contributed by atoms with Crippen LogP contribution in [0.3, 0.4) is 0 Å². The summed E-state index contributed by atoms with van der Waals surface area (Å²) in [7, 11) is 1.38. The van der Waals surface area contributed by atoms with Gasteiger partial charge in [-0.25, -0.2) is 9.18 Å². The molecule has 2 N–H and O–H groups in total. The van der Waals surface area contributed by atoms with E-state index in [9.17, 15) is 14.0 Å². The van der Waals surface area contributed by atoms with Gasteiger partial charge in [-0.05, 0) is 25.0 Å². The predicted molar refractivity (Wildman–Crippen MR) is 74.0 cm³/mol. The van der Waals surface area contributed by atoms with E-state index in [1.807, 2.05) is 0 Å². The summed E-state index contributed by atoms with van der Waals surface area (Å²) in [5, 5.41) is 11.4. The number of urea groups is 1. The summed E-state index contributed by atoms with van der Waals surface area (Å²) in [6.07, 6.45) is 1.63. The Labute approximate surface area is 121 Å². The zero-order chi connectivity index (χ0) is 15.4. The molecule has 0 atom stereocenters. The van der Waals surface area contributed by atoms with Gasteiger partial charge in [0.15, 0.2) is 0 Å². The van der Waals surface area contributed by atoms with E-state index in [2.05, 4.69) is 5.32 Å². The number of methoxy groups -OCH3 is 1. The molecular formula is C14H17FN2O4. The van der Waals surface area contributed by atoms with E-state index in [1.165, 1.54) is 30.2 Å². The number of hydrogen-bond acceptors (Lipinski definition) is 3. The first-order valence-corrected chi connectivity index (χ1v) is 6.64. The van der Waals surface area contributed by atoms with Crippen molar-refractivity contribution in [2.75, 3.05) is 19.0 Å². The molecular weight excluding hydrogens is 279 g/mol. The van der Waals surface area contributed by atoms with E-state index < -0.39 is 17.8 Å². The van der Waals surface area contributed by atoms with E-state index in [0.717, 1.165) is 12.8 Å². The first kappa shape index (κ1) is 15.1. The third-order valence-electron chi connectivity index (χ3n) is 3.22. The molecule has 1 aromatic rings. The van der Waals surface area contributed by atoms with Gasteiger partial charge in [-0.3, -0.25) is 4.79 Å². The van der Waals surface area contributed by atoms with Gasteiger partial charge in [0.05, 0.1) is 19.2 Å². The topological polar surface area (TPSA) is 78.9 Å². The highest BCUT2D eigenvalue weighted by atomic mass is 19.1. The lowest BCUT2D eigenvalue weighted by molar-refractivity contribution is -0.137. The second kappa shape index (κ2) is 6.43. The minimum absolute atomic E-state index is 0.0794. The summed E-state index contributed by atoms with van der Waals surface area (Å²) in [5.74, 6) is -1.19. The maximum atomic E-state index is 13.1. The monoisotopic (exact) mass is 296 g/mol. The number of rotatable bonds is 6. The number of hydrogen-bond donors (Lipinski definition) is 2. The summed E-state index contributed by atoms with van der Waals surface area (Å²) in [6.45, 7) is 0.148. The maximum absolute atomic E-state index is 13.1. The van der Waals surface area contributed by atoms with Gasteiger partial charge in [-0.2, -0.15) is 0 Å². The van der Waals surface area contributed by atoms with Crippen LogP contribution in [0.5, 0.6) is 5.75 Å². The molecule has 0 saturated heterocycles. The van der Waals surface area contributed by atoms with E-state index in [4.69, 9.17) is 9.84 Å². The molecule has 0 aliphatic heterocycles. The number of carbonyl (C=O) groups excluding carboxylic acids is 1. The number of carbonyl (C=O) groups is 2. The standard InChI is InChI=1S/C14H17FN2O4/c1-21-12-8-9(15)2-5-11(12)16-14(20)17(10-3-4-10)7-6-13(18)19/h2,5,8,10H,3-4,6-7H2,1H3,(H,16,20)(H,18,19). The van der Waals surface area contributed by atoms with Crippen molar-refractivity contribution in [3.05, 3.63) is 24.0 Å². The third kappa shape index (κ3) is 4.08. The Kier molecular flexibility index (Phi) is 4.62. The normalized spacial score (nSPS) is 13.6. The highest BCUT2D eigenvalue weighted by Gasteiger charge is 2.33. The predicted octanol–water partition coefficient (Wildman–Crippen LogP) is 2.31. The molecule has 114 valence electrons. The maximum Gasteiger partial charge on any atom is 0.322 e. The zero-order valence-corrected chi connectivity index (χ0v) is 11.6. The average molecular weight is 296 g/mol. The van der Waals surface area contributed by atoms with Crippen molar-refractivity contribution in [3.63, 3.8) is 0 Å². The molecule has 21 heavy (non-hydrogen) atoms. The lowest BCUT2D eigenvalue weighted by Gasteiger charge is -2.22. The van der Waals surface area contributed by atoms with Crippen LogP contribution in [0.1, 0.15) is 19.3 Å². The number of amides is 2. The number of nitrogens with zero attached hydrogens (tertiary/aromatic N) is 1. The van der Waals surface area contributed by atoms with Crippen LogP contribution in [0.25, 0.3) is 0 Å². The molecule has 6 nitrogen and oxygen atoms in total. The Morgan fingerprint density at radius 1 is 1.48 bits per heavy atom. The Bertz CT molecular complexity index is 546. The van der Waals surface area contributed by atoms with Crippen molar-refractivity contribution in [2.45, 2.75) is 25.3 Å². The summed E-state index contributed by atoms with van der Waals surface area (Å²) < 4.78 is 18.1. The summed E-state index contributed by atoms with van der Waals surface area (Å²) in [6, 6.07) is 3.49. The third-order valence-corrected chi connectivity index (χ3v) is 3.22. The average Bonchev–Trinajstić information content (AvgIpc) is 3.25. The molecule has 0 heterocycles. The Morgan fingerprint density at radius 3 is 2.76 bits per heavy atom. The molecule has 1 aliphatic rings. The number of benzene rings is 1. The van der Waals surface area contributed by atoms with Gasteiger partial charge in [0.1, 0.15) is 11.6 Å². The fourth-order valence-electron chi connectivity index (χ4n) is 2.01. The number of carboxylic acids is 1. The minimum Gasteiger partial charge on any atom is -0.494 e. The second-order valence-electron chi connectivity index (χ2n) is 4.84. The second-order valence-corrected chi connectivity index (χ2v) is 4.84. The largest absolute Gasteiger partial charge is 0.494 e. The number of halogens is 1.